The van der Waals surface area contributed by atoms with Crippen LogP contribution >= 0.6 is 15.9 Å². The molecule has 1 N–H and O–H groups in total. The summed E-state index contributed by atoms with van der Waals surface area (Å²) in [5, 5.41) is 7.78. The number of alkyl carbamates (subject to hydrolysis) is 1. The number of pyridine rings is 1. The SMILES string of the molecule is COc1nn(C)cc1-c1c(Br)c2c(ncc3c2n([C@H]2C[C@H](NC(=O)OC(C)(C)C)[C@H](O[Si](C)(C)C(C)(C)C)C2)c(=O)n3C)n1S(=O)(=O)c1ccccc1. The van der Waals surface area contributed by atoms with Crippen LogP contribution in [0.25, 0.3) is 33.3 Å². The summed E-state index contributed by atoms with van der Waals surface area (Å²) in [5.74, 6) is 0.208. The van der Waals surface area contributed by atoms with Crippen molar-refractivity contribution in [2.24, 2.45) is 14.1 Å². The highest BCUT2D eigenvalue weighted by Crippen LogP contribution is 2.47. The quantitative estimate of drug-likeness (QED) is 0.168. The molecule has 4 aromatic heterocycles. The number of ether oxygens (including phenoxy) is 2. The summed E-state index contributed by atoms with van der Waals surface area (Å²) in [6.07, 6.45) is 3.00. The minimum Gasteiger partial charge on any atom is -0.479 e. The summed E-state index contributed by atoms with van der Waals surface area (Å²) in [4.78, 5) is 32.3. The highest BCUT2D eigenvalue weighted by Gasteiger charge is 2.46. The molecule has 286 valence electrons. The Kier molecular flexibility index (Phi) is 9.82. The Hall–Kier alpha value is -3.93. The normalized spacial score (nSPS) is 18.6. The number of benzene rings is 1. The Morgan fingerprint density at radius 2 is 1.72 bits per heavy atom. The molecule has 1 amide bonds. The van der Waals surface area contributed by atoms with Crippen LogP contribution in [0.15, 0.2) is 56.9 Å². The van der Waals surface area contributed by atoms with Crippen LogP contribution in [0.4, 0.5) is 4.79 Å². The number of amides is 1. The number of nitrogens with one attached hydrogen (secondary N) is 1. The lowest BCUT2D eigenvalue weighted by Gasteiger charge is -2.40. The summed E-state index contributed by atoms with van der Waals surface area (Å²) in [6, 6.07) is 7.19. The number of hydrogen-bond acceptors (Lipinski definition) is 9. The number of carbonyl (C=O) groups excluding carboxylic acids is 1. The standard InChI is InChI=1S/C36H48BrN7O7SSi/c1-35(2,3)50-33(45)39-24-17-21(18-26(24)51-53(10,11)36(4,5)6)43-30-25(42(8)34(43)46)19-38-31-27(30)28(37)29(23-20-41(7)40-32(23)49-9)44(31)52(47,48)22-15-13-12-14-16-22/h12-16,19-21,24,26H,17-18H2,1-11H3,(H,39,45)/t21-,24-,26+/m0/s1. The molecule has 0 saturated heterocycles. The highest BCUT2D eigenvalue weighted by molar-refractivity contribution is 9.10. The Morgan fingerprint density at radius 1 is 1.06 bits per heavy atom. The van der Waals surface area contributed by atoms with Crippen LogP contribution in [-0.2, 0) is 33.3 Å². The average molecular weight is 831 g/mol. The fraction of sp³-hybridized carbons (Fsp3) is 0.500. The van der Waals surface area contributed by atoms with Gasteiger partial charge in [-0.2, -0.15) is 0 Å². The molecule has 4 heterocycles. The molecule has 1 fully saturated rings. The van der Waals surface area contributed by atoms with E-state index in [-0.39, 0.29) is 32.8 Å². The van der Waals surface area contributed by atoms with Crippen LogP contribution < -0.4 is 15.7 Å². The van der Waals surface area contributed by atoms with Gasteiger partial charge in [0.2, 0.25) is 5.88 Å². The number of aryl methyl sites for hydroxylation is 2. The van der Waals surface area contributed by atoms with Crippen LogP contribution in [0.1, 0.15) is 60.4 Å². The van der Waals surface area contributed by atoms with E-state index >= 15 is 0 Å². The van der Waals surface area contributed by atoms with E-state index in [1.165, 1.54) is 38.7 Å². The van der Waals surface area contributed by atoms with Gasteiger partial charge in [0.25, 0.3) is 10.0 Å². The summed E-state index contributed by atoms with van der Waals surface area (Å²) < 4.78 is 53.8. The molecular formula is C36H48BrN7O7SSi. The van der Waals surface area contributed by atoms with Gasteiger partial charge in [0.1, 0.15) is 5.60 Å². The predicted molar refractivity (Wildman–Crippen MR) is 209 cm³/mol. The third-order valence-electron chi connectivity index (χ3n) is 10.3. The molecule has 1 aliphatic carbocycles. The van der Waals surface area contributed by atoms with Crippen molar-refractivity contribution in [2.75, 3.05) is 7.11 Å². The molecule has 0 spiro atoms. The smallest absolute Gasteiger partial charge is 0.407 e. The van der Waals surface area contributed by atoms with Crippen LogP contribution in [0.2, 0.25) is 18.1 Å². The maximum Gasteiger partial charge on any atom is 0.407 e. The topological polar surface area (TPSA) is 154 Å². The van der Waals surface area contributed by atoms with Gasteiger partial charge in [-0.05, 0) is 79.8 Å². The number of nitrogens with zero attached hydrogens (tertiary/aromatic N) is 6. The number of methoxy groups -OCH3 is 1. The van der Waals surface area contributed by atoms with Gasteiger partial charge >= 0.3 is 11.8 Å². The molecule has 0 unspecified atom stereocenters. The molecule has 53 heavy (non-hydrogen) atoms. The lowest BCUT2D eigenvalue weighted by atomic mass is 10.2. The van der Waals surface area contributed by atoms with Crippen LogP contribution in [0.3, 0.4) is 0 Å². The van der Waals surface area contributed by atoms with E-state index in [1.54, 1.807) is 63.8 Å². The van der Waals surface area contributed by atoms with Gasteiger partial charge in [-0.25, -0.2) is 27.0 Å². The zero-order valence-electron chi connectivity index (χ0n) is 32.0. The van der Waals surface area contributed by atoms with Crippen molar-refractivity contribution in [1.29, 1.82) is 0 Å². The van der Waals surface area contributed by atoms with Crippen molar-refractivity contribution in [3.8, 4) is 17.1 Å². The summed E-state index contributed by atoms with van der Waals surface area (Å²) in [7, 11) is -1.76. The maximum atomic E-state index is 14.6. The van der Waals surface area contributed by atoms with E-state index in [4.69, 9.17) is 18.9 Å². The molecule has 0 bridgehead atoms. The molecule has 0 radical (unpaired) electrons. The molecule has 14 nitrogen and oxygen atoms in total. The molecule has 1 aliphatic rings. The van der Waals surface area contributed by atoms with Crippen molar-refractivity contribution < 1.29 is 27.1 Å². The number of hydrogen-bond donors (Lipinski definition) is 1. The van der Waals surface area contributed by atoms with E-state index in [0.717, 1.165) is 0 Å². The van der Waals surface area contributed by atoms with Gasteiger partial charge < -0.3 is 19.2 Å². The molecule has 6 rings (SSSR count). The Morgan fingerprint density at radius 3 is 2.32 bits per heavy atom. The Balaban J connectivity index is 1.61. The third kappa shape index (κ3) is 6.85. The van der Waals surface area contributed by atoms with Gasteiger partial charge in [0, 0.05) is 26.3 Å². The second-order valence-corrected chi connectivity index (χ2v) is 23.5. The molecule has 3 atom stereocenters. The molecule has 17 heteroatoms. The number of fused-ring (bicyclic) bond motifs is 3. The zero-order valence-corrected chi connectivity index (χ0v) is 35.4. The van der Waals surface area contributed by atoms with Crippen molar-refractivity contribution in [1.82, 2.24) is 33.2 Å². The van der Waals surface area contributed by atoms with Gasteiger partial charge in [0.15, 0.2) is 14.0 Å². The van der Waals surface area contributed by atoms with Crippen LogP contribution in [-0.4, -0.2) is 75.6 Å². The van der Waals surface area contributed by atoms with Gasteiger partial charge in [-0.3, -0.25) is 13.8 Å². The first-order chi connectivity index (χ1) is 24.6. The molecule has 1 aromatic carbocycles. The number of rotatable bonds is 8. The van der Waals surface area contributed by atoms with E-state index in [1.807, 2.05) is 0 Å². The largest absolute Gasteiger partial charge is 0.479 e. The lowest BCUT2D eigenvalue weighted by molar-refractivity contribution is 0.0457. The van der Waals surface area contributed by atoms with Crippen LogP contribution in [0.5, 0.6) is 5.88 Å². The van der Waals surface area contributed by atoms with E-state index in [9.17, 15) is 18.0 Å². The van der Waals surface area contributed by atoms with Gasteiger partial charge in [-0.1, -0.05) is 39.0 Å². The monoisotopic (exact) mass is 829 g/mol. The average Bonchev–Trinajstić information content (AvgIpc) is 3.77. The summed E-state index contributed by atoms with van der Waals surface area (Å²) >= 11 is 3.79. The third-order valence-corrected chi connectivity index (χ3v) is 17.2. The highest BCUT2D eigenvalue weighted by atomic mass is 79.9. The van der Waals surface area contributed by atoms with Crippen molar-refractivity contribution in [2.45, 2.75) is 101 Å². The van der Waals surface area contributed by atoms with Crippen molar-refractivity contribution in [3.63, 3.8) is 0 Å². The second kappa shape index (κ2) is 13.4. The Labute approximate surface area is 318 Å². The minimum atomic E-state index is -4.26. The number of halogens is 1. The summed E-state index contributed by atoms with van der Waals surface area (Å²) in [5.41, 5.74) is 0.742. The van der Waals surface area contributed by atoms with Gasteiger partial charge in [-0.15, -0.1) is 5.10 Å². The predicted octanol–water partition coefficient (Wildman–Crippen LogP) is 6.72. The number of imidazole rings is 1. The first-order valence-electron chi connectivity index (χ1n) is 17.4. The summed E-state index contributed by atoms with van der Waals surface area (Å²) in [6.45, 7) is 16.2. The molecular weight excluding hydrogens is 782 g/mol. The maximum absolute atomic E-state index is 14.6. The van der Waals surface area contributed by atoms with Gasteiger partial charge in [0.05, 0.1) is 62.5 Å². The molecule has 1 saturated carbocycles. The van der Waals surface area contributed by atoms with Crippen molar-refractivity contribution in [3.05, 3.63) is 57.7 Å². The van der Waals surface area contributed by atoms with Crippen molar-refractivity contribution >= 4 is 62.4 Å². The fourth-order valence-electron chi connectivity index (χ4n) is 6.76. The van der Waals surface area contributed by atoms with Crippen LogP contribution in [0, 0.1) is 0 Å². The Bertz CT molecular complexity index is 2390. The number of carbonyl (C=O) groups is 1. The van der Waals surface area contributed by atoms with E-state index < -0.39 is 48.2 Å². The second-order valence-electron chi connectivity index (χ2n) is 16.2. The number of aromatic nitrogens is 6. The first-order valence-corrected chi connectivity index (χ1v) is 22.6. The zero-order chi connectivity index (χ0) is 39.0. The van der Waals surface area contributed by atoms with E-state index in [0.29, 0.717) is 39.3 Å². The minimum absolute atomic E-state index is 0.0540. The van der Waals surface area contributed by atoms with E-state index in [2.05, 4.69) is 60.2 Å². The lowest BCUT2D eigenvalue weighted by Crippen LogP contribution is -2.50. The first kappa shape index (κ1) is 38.8. The molecule has 5 aromatic rings. The molecule has 0 aliphatic heterocycles. The fourth-order valence-corrected chi connectivity index (χ4v) is 10.5.